The van der Waals surface area contributed by atoms with Crippen LogP contribution in [-0.2, 0) is 0 Å². The molecule has 104 valence electrons. The maximum atomic E-state index is 10.5. The van der Waals surface area contributed by atoms with E-state index < -0.39 is 12.2 Å². The van der Waals surface area contributed by atoms with E-state index in [1.54, 1.807) is 0 Å². The highest BCUT2D eigenvalue weighted by Gasteiger charge is 2.32. The van der Waals surface area contributed by atoms with Gasteiger partial charge in [0.05, 0.1) is 0 Å². The Morgan fingerprint density at radius 1 is 0.762 bits per heavy atom. The third kappa shape index (κ3) is 1.73. The summed E-state index contributed by atoms with van der Waals surface area (Å²) in [4.78, 5) is 0. The fourth-order valence-electron chi connectivity index (χ4n) is 3.36. The second-order valence-corrected chi connectivity index (χ2v) is 5.72. The quantitative estimate of drug-likeness (QED) is 0.654. The maximum absolute atomic E-state index is 10.5. The lowest BCUT2D eigenvalue weighted by Crippen LogP contribution is -2.17. The lowest BCUT2D eigenvalue weighted by atomic mass is 9.79. The zero-order valence-electron chi connectivity index (χ0n) is 11.7. The molecule has 1 aliphatic carbocycles. The van der Waals surface area contributed by atoms with Gasteiger partial charge in [0.25, 0.3) is 0 Å². The molecule has 0 radical (unpaired) electrons. The number of rotatable bonds is 0. The third-order valence-electron chi connectivity index (χ3n) is 4.43. The molecule has 0 aromatic heterocycles. The van der Waals surface area contributed by atoms with Crippen LogP contribution in [0.5, 0.6) is 0 Å². The number of aliphatic hydroxyl groups excluding tert-OH is 2. The minimum Gasteiger partial charge on any atom is -0.385 e. The molecule has 0 heterocycles. The Balaban J connectivity index is 2.12. The van der Waals surface area contributed by atoms with E-state index in [2.05, 4.69) is 12.1 Å². The van der Waals surface area contributed by atoms with Crippen LogP contribution in [-0.4, -0.2) is 10.2 Å². The highest BCUT2D eigenvalue weighted by molar-refractivity contribution is 5.91. The van der Waals surface area contributed by atoms with Crippen LogP contribution in [0.1, 0.15) is 28.9 Å². The van der Waals surface area contributed by atoms with Crippen molar-refractivity contribution in [3.05, 3.63) is 71.3 Å². The molecule has 0 spiro atoms. The molecular formula is C19H16O2. The van der Waals surface area contributed by atoms with Crippen LogP contribution in [0.15, 0.2) is 54.6 Å². The Labute approximate surface area is 123 Å². The van der Waals surface area contributed by atoms with Gasteiger partial charge in [0.1, 0.15) is 12.2 Å². The highest BCUT2D eigenvalue weighted by atomic mass is 16.3. The van der Waals surface area contributed by atoms with Crippen molar-refractivity contribution in [2.45, 2.75) is 19.1 Å². The largest absolute Gasteiger partial charge is 0.385 e. The fourth-order valence-corrected chi connectivity index (χ4v) is 3.36. The highest BCUT2D eigenvalue weighted by Crippen LogP contribution is 2.46. The molecular weight excluding hydrogens is 260 g/mol. The van der Waals surface area contributed by atoms with Crippen molar-refractivity contribution in [2.75, 3.05) is 0 Å². The van der Waals surface area contributed by atoms with Gasteiger partial charge >= 0.3 is 0 Å². The minimum absolute atomic E-state index is 0.808. The smallest absolute Gasteiger partial charge is 0.110 e. The van der Waals surface area contributed by atoms with Gasteiger partial charge in [-0.2, -0.15) is 0 Å². The molecule has 1 aliphatic rings. The summed E-state index contributed by atoms with van der Waals surface area (Å²) in [6, 6.07) is 18.1. The van der Waals surface area contributed by atoms with Crippen molar-refractivity contribution in [1.29, 1.82) is 0 Å². The van der Waals surface area contributed by atoms with Gasteiger partial charge in [-0.15, -0.1) is 0 Å². The van der Waals surface area contributed by atoms with E-state index in [4.69, 9.17) is 0 Å². The average Bonchev–Trinajstić information content (AvgIpc) is 2.51. The minimum atomic E-state index is -0.876. The van der Waals surface area contributed by atoms with E-state index in [0.29, 0.717) is 0 Å². The summed E-state index contributed by atoms with van der Waals surface area (Å²) in [7, 11) is 0. The van der Waals surface area contributed by atoms with Crippen LogP contribution in [0, 0.1) is 6.92 Å². The molecule has 2 N–H and O–H groups in total. The Morgan fingerprint density at radius 3 is 2.19 bits per heavy atom. The van der Waals surface area contributed by atoms with Crippen LogP contribution >= 0.6 is 0 Å². The lowest BCUT2D eigenvalue weighted by Gasteiger charge is -2.30. The van der Waals surface area contributed by atoms with E-state index >= 15 is 0 Å². The first kappa shape index (κ1) is 12.6. The van der Waals surface area contributed by atoms with Crippen LogP contribution < -0.4 is 0 Å². The van der Waals surface area contributed by atoms with Crippen LogP contribution in [0.2, 0.25) is 0 Å². The van der Waals surface area contributed by atoms with Gasteiger partial charge in [-0.3, -0.25) is 0 Å². The first-order chi connectivity index (χ1) is 10.2. The molecule has 0 bridgehead atoms. The van der Waals surface area contributed by atoms with E-state index in [1.165, 1.54) is 0 Å². The van der Waals surface area contributed by atoms with Gasteiger partial charge in [-0.1, -0.05) is 42.5 Å². The van der Waals surface area contributed by atoms with Crippen LogP contribution in [0.4, 0.5) is 0 Å². The molecule has 0 saturated heterocycles. The van der Waals surface area contributed by atoms with Crippen molar-refractivity contribution >= 4 is 10.8 Å². The molecule has 0 saturated carbocycles. The van der Waals surface area contributed by atoms with Gasteiger partial charge in [-0.25, -0.2) is 0 Å². The molecule has 3 aromatic rings. The molecule has 0 amide bonds. The lowest BCUT2D eigenvalue weighted by molar-refractivity contribution is 0.0158. The van der Waals surface area contributed by atoms with Gasteiger partial charge in [0.2, 0.25) is 0 Å². The second-order valence-electron chi connectivity index (χ2n) is 5.72. The average molecular weight is 276 g/mol. The standard InChI is InChI=1S/C19H16O2/c1-11-5-4-8-14-17(11)15-9-12-6-2-3-7-13(12)10-16(15)19(21)18(14)20/h2-10,18-21H,1H3/t18-,19+/m0/s1. The number of fused-ring (bicyclic) bond motifs is 4. The van der Waals surface area contributed by atoms with E-state index in [1.807, 2.05) is 49.4 Å². The van der Waals surface area contributed by atoms with E-state index in [0.717, 1.165) is 38.6 Å². The zero-order chi connectivity index (χ0) is 14.6. The summed E-state index contributed by atoms with van der Waals surface area (Å²) >= 11 is 0. The van der Waals surface area contributed by atoms with E-state index in [-0.39, 0.29) is 0 Å². The zero-order valence-corrected chi connectivity index (χ0v) is 11.7. The summed E-state index contributed by atoms with van der Waals surface area (Å²) in [6.45, 7) is 2.04. The molecule has 0 aliphatic heterocycles. The SMILES string of the molecule is Cc1cccc2c1-c1cc3ccccc3cc1[C@@H](O)[C@H]2O. The van der Waals surface area contributed by atoms with Gasteiger partial charge in [0, 0.05) is 0 Å². The number of hydrogen-bond donors (Lipinski definition) is 2. The van der Waals surface area contributed by atoms with Crippen LogP contribution in [0.3, 0.4) is 0 Å². The Bertz CT molecular complexity index is 851. The van der Waals surface area contributed by atoms with E-state index in [9.17, 15) is 10.2 Å². The maximum Gasteiger partial charge on any atom is 0.110 e. The van der Waals surface area contributed by atoms with Crippen molar-refractivity contribution in [1.82, 2.24) is 0 Å². The monoisotopic (exact) mass is 276 g/mol. The summed E-state index contributed by atoms with van der Waals surface area (Å²) < 4.78 is 0. The molecule has 0 unspecified atom stereocenters. The first-order valence-corrected chi connectivity index (χ1v) is 7.15. The Hall–Kier alpha value is -2.16. The van der Waals surface area contributed by atoms with Crippen molar-refractivity contribution in [2.24, 2.45) is 0 Å². The van der Waals surface area contributed by atoms with Gasteiger partial charge < -0.3 is 10.2 Å². The molecule has 4 rings (SSSR count). The van der Waals surface area contributed by atoms with Crippen molar-refractivity contribution in [3.63, 3.8) is 0 Å². The number of benzene rings is 3. The first-order valence-electron chi connectivity index (χ1n) is 7.15. The Morgan fingerprint density at radius 2 is 1.43 bits per heavy atom. The molecule has 0 fully saturated rings. The van der Waals surface area contributed by atoms with Gasteiger partial charge in [-0.05, 0) is 57.6 Å². The molecule has 21 heavy (non-hydrogen) atoms. The molecule has 2 nitrogen and oxygen atoms in total. The Kier molecular flexibility index (Phi) is 2.64. The molecule has 2 heteroatoms. The molecule has 2 atom stereocenters. The number of hydrogen-bond acceptors (Lipinski definition) is 2. The predicted octanol–water partition coefficient (Wildman–Crippen LogP) is 3.90. The summed E-state index contributed by atoms with van der Waals surface area (Å²) in [5, 5.41) is 23.1. The summed E-state index contributed by atoms with van der Waals surface area (Å²) in [5.74, 6) is 0. The van der Waals surface area contributed by atoms with Crippen LogP contribution in [0.25, 0.3) is 21.9 Å². The topological polar surface area (TPSA) is 40.5 Å². The number of aryl methyl sites for hydroxylation is 1. The van der Waals surface area contributed by atoms with Crippen molar-refractivity contribution < 1.29 is 10.2 Å². The second kappa shape index (κ2) is 4.42. The predicted molar refractivity (Wildman–Crippen MR) is 84.0 cm³/mol. The fraction of sp³-hybridized carbons (Fsp3) is 0.158. The van der Waals surface area contributed by atoms with Gasteiger partial charge in [0.15, 0.2) is 0 Å². The molecule has 3 aromatic carbocycles. The summed E-state index contributed by atoms with van der Waals surface area (Å²) in [5.41, 5.74) is 4.82. The van der Waals surface area contributed by atoms with Crippen molar-refractivity contribution in [3.8, 4) is 11.1 Å². The normalized spacial score (nSPS) is 20.1. The summed E-state index contributed by atoms with van der Waals surface area (Å²) in [6.07, 6.45) is -1.74. The number of aliphatic hydroxyl groups is 2. The third-order valence-corrected chi connectivity index (χ3v) is 4.43.